The minimum absolute atomic E-state index is 0.0842. The van der Waals surface area contributed by atoms with Crippen LogP contribution < -0.4 is 4.72 Å². The van der Waals surface area contributed by atoms with Gasteiger partial charge in [0.2, 0.25) is 0 Å². The molecule has 0 radical (unpaired) electrons. The average molecular weight is 275 g/mol. The zero-order valence-corrected chi connectivity index (χ0v) is 11.4. The summed E-state index contributed by atoms with van der Waals surface area (Å²) < 4.78 is 27.8. The molecule has 8 heteroatoms. The largest absolute Gasteiger partial charge is 0.481 e. The van der Waals surface area contributed by atoms with Crippen LogP contribution in [0.5, 0.6) is 0 Å². The molecule has 18 heavy (non-hydrogen) atoms. The smallest absolute Gasteiger partial charge is 0.304 e. The maximum atomic E-state index is 11.9. The summed E-state index contributed by atoms with van der Waals surface area (Å²) in [6.45, 7) is 5.71. The number of aromatic nitrogens is 2. The van der Waals surface area contributed by atoms with Gasteiger partial charge in [-0.3, -0.25) is 4.79 Å². The van der Waals surface area contributed by atoms with Gasteiger partial charge in [0.1, 0.15) is 5.82 Å². The van der Waals surface area contributed by atoms with Crippen LogP contribution in [-0.4, -0.2) is 35.1 Å². The zero-order valence-electron chi connectivity index (χ0n) is 10.5. The molecule has 102 valence electrons. The Bertz CT molecular complexity index is 535. The number of hydrogen-bond acceptors (Lipinski definition) is 4. The number of nitrogens with zero attached hydrogens (tertiary/aromatic N) is 2. The number of carboxylic acids is 1. The number of imidazole rings is 1. The minimum Gasteiger partial charge on any atom is -0.481 e. The van der Waals surface area contributed by atoms with E-state index in [9.17, 15) is 13.2 Å². The van der Waals surface area contributed by atoms with Crippen molar-refractivity contribution in [3.63, 3.8) is 0 Å². The lowest BCUT2D eigenvalue weighted by Gasteiger charge is -2.10. The predicted molar refractivity (Wildman–Crippen MR) is 64.7 cm³/mol. The van der Waals surface area contributed by atoms with E-state index in [2.05, 4.69) is 9.71 Å². The van der Waals surface area contributed by atoms with Gasteiger partial charge in [-0.1, -0.05) is 0 Å². The minimum atomic E-state index is -3.76. The average Bonchev–Trinajstić information content (AvgIpc) is 2.57. The number of aryl methyl sites for hydroxylation is 2. The van der Waals surface area contributed by atoms with Crippen LogP contribution in [0.4, 0.5) is 0 Å². The molecule has 0 bridgehead atoms. The lowest BCUT2D eigenvalue weighted by atomic mass is 10.3. The third-order valence-electron chi connectivity index (χ3n) is 2.41. The fraction of sp³-hybridized carbons (Fsp3) is 0.600. The SMILES string of the molecule is CCn1cc(S(=O)(=O)NC(C)CC(=O)O)nc1C. The number of nitrogens with one attached hydrogen (secondary N) is 1. The van der Waals surface area contributed by atoms with Crippen LogP contribution in [0.15, 0.2) is 11.2 Å². The van der Waals surface area contributed by atoms with Crippen molar-refractivity contribution >= 4 is 16.0 Å². The van der Waals surface area contributed by atoms with Crippen molar-refractivity contribution in [2.75, 3.05) is 0 Å². The van der Waals surface area contributed by atoms with Gasteiger partial charge in [-0.2, -0.15) is 0 Å². The van der Waals surface area contributed by atoms with Crippen molar-refractivity contribution < 1.29 is 18.3 Å². The van der Waals surface area contributed by atoms with Crippen LogP contribution in [0, 0.1) is 6.92 Å². The van der Waals surface area contributed by atoms with E-state index in [-0.39, 0.29) is 11.4 Å². The molecule has 0 saturated carbocycles. The normalized spacial score (nSPS) is 13.5. The summed E-state index contributed by atoms with van der Waals surface area (Å²) in [7, 11) is -3.76. The Kier molecular flexibility index (Phi) is 4.47. The van der Waals surface area contributed by atoms with Crippen LogP contribution in [0.2, 0.25) is 0 Å². The van der Waals surface area contributed by atoms with Gasteiger partial charge in [-0.15, -0.1) is 0 Å². The number of sulfonamides is 1. The lowest BCUT2D eigenvalue weighted by Crippen LogP contribution is -2.34. The predicted octanol–water partition coefficient (Wildman–Crippen LogP) is 0.353. The van der Waals surface area contributed by atoms with E-state index < -0.39 is 22.0 Å². The summed E-state index contributed by atoms with van der Waals surface area (Å²) in [6, 6.07) is -0.681. The second-order valence-electron chi connectivity index (χ2n) is 4.03. The Balaban J connectivity index is 2.89. The molecule has 0 aliphatic carbocycles. The van der Waals surface area contributed by atoms with Crippen LogP contribution in [0.1, 0.15) is 26.1 Å². The van der Waals surface area contributed by atoms with Crippen LogP contribution in [0.25, 0.3) is 0 Å². The Labute approximate surface area is 106 Å². The van der Waals surface area contributed by atoms with Crippen molar-refractivity contribution in [3.8, 4) is 0 Å². The molecule has 0 spiro atoms. The summed E-state index contributed by atoms with van der Waals surface area (Å²) in [4.78, 5) is 14.4. The first-order valence-electron chi connectivity index (χ1n) is 5.54. The van der Waals surface area contributed by atoms with E-state index in [0.29, 0.717) is 12.4 Å². The van der Waals surface area contributed by atoms with Gasteiger partial charge in [0.05, 0.1) is 6.42 Å². The first kappa shape index (κ1) is 14.7. The molecule has 7 nitrogen and oxygen atoms in total. The fourth-order valence-electron chi connectivity index (χ4n) is 1.56. The highest BCUT2D eigenvalue weighted by atomic mass is 32.2. The summed E-state index contributed by atoms with van der Waals surface area (Å²) in [5.74, 6) is -0.454. The first-order chi connectivity index (χ1) is 8.26. The Morgan fingerprint density at radius 2 is 2.22 bits per heavy atom. The maximum Gasteiger partial charge on any atom is 0.304 e. The maximum absolute atomic E-state index is 11.9. The molecule has 0 amide bonds. The van der Waals surface area contributed by atoms with E-state index >= 15 is 0 Å². The third-order valence-corrected chi connectivity index (χ3v) is 3.87. The molecular formula is C10H17N3O4S. The van der Waals surface area contributed by atoms with Crippen molar-refractivity contribution in [2.24, 2.45) is 0 Å². The monoisotopic (exact) mass is 275 g/mol. The van der Waals surface area contributed by atoms with Gasteiger partial charge in [-0.05, 0) is 20.8 Å². The Hall–Kier alpha value is -1.41. The molecule has 1 aromatic heterocycles. The van der Waals surface area contributed by atoms with Crippen LogP contribution in [0.3, 0.4) is 0 Å². The van der Waals surface area contributed by atoms with E-state index in [1.54, 1.807) is 11.5 Å². The van der Waals surface area contributed by atoms with Gasteiger partial charge in [0.15, 0.2) is 5.03 Å². The summed E-state index contributed by atoms with van der Waals surface area (Å²) >= 11 is 0. The second-order valence-corrected chi connectivity index (χ2v) is 5.69. The number of hydrogen-bond donors (Lipinski definition) is 2. The van der Waals surface area contributed by atoms with E-state index in [1.165, 1.54) is 13.1 Å². The zero-order chi connectivity index (χ0) is 13.9. The molecule has 1 aromatic rings. The van der Waals surface area contributed by atoms with Crippen molar-refractivity contribution in [1.29, 1.82) is 0 Å². The first-order valence-corrected chi connectivity index (χ1v) is 7.02. The second kappa shape index (κ2) is 5.49. The third kappa shape index (κ3) is 3.54. The molecular weight excluding hydrogens is 258 g/mol. The molecule has 1 rings (SSSR count). The number of aliphatic carboxylic acids is 1. The molecule has 2 N–H and O–H groups in total. The highest BCUT2D eigenvalue weighted by Crippen LogP contribution is 2.10. The quantitative estimate of drug-likeness (QED) is 0.780. The van der Waals surface area contributed by atoms with Gasteiger partial charge in [-0.25, -0.2) is 18.1 Å². The summed E-state index contributed by atoms with van der Waals surface area (Å²) in [5.41, 5.74) is 0. The molecule has 1 atom stereocenters. The number of rotatable bonds is 6. The fourth-order valence-corrected chi connectivity index (χ4v) is 2.81. The van der Waals surface area contributed by atoms with Crippen molar-refractivity contribution in [2.45, 2.75) is 44.8 Å². The number of carboxylic acid groups (broad SMARTS) is 1. The van der Waals surface area contributed by atoms with Gasteiger partial charge >= 0.3 is 5.97 Å². The molecule has 1 unspecified atom stereocenters. The van der Waals surface area contributed by atoms with E-state index in [0.717, 1.165) is 0 Å². The molecule has 0 fully saturated rings. The van der Waals surface area contributed by atoms with Crippen LogP contribution >= 0.6 is 0 Å². The summed E-state index contributed by atoms with van der Waals surface area (Å²) in [6.07, 6.45) is 1.16. The van der Waals surface area contributed by atoms with Crippen molar-refractivity contribution in [1.82, 2.24) is 14.3 Å². The van der Waals surface area contributed by atoms with Crippen LogP contribution in [-0.2, 0) is 21.4 Å². The topological polar surface area (TPSA) is 101 Å². The highest BCUT2D eigenvalue weighted by molar-refractivity contribution is 7.89. The van der Waals surface area contributed by atoms with Crippen molar-refractivity contribution in [3.05, 3.63) is 12.0 Å². The molecule has 0 aliphatic heterocycles. The lowest BCUT2D eigenvalue weighted by molar-refractivity contribution is -0.137. The standard InChI is InChI=1S/C10H17N3O4S/c1-4-13-6-9(11-8(13)3)18(16,17)12-7(2)5-10(14)15/h6-7,12H,4-5H2,1-3H3,(H,14,15). The Morgan fingerprint density at radius 1 is 1.61 bits per heavy atom. The molecule has 0 aliphatic rings. The van der Waals surface area contributed by atoms with E-state index in [4.69, 9.17) is 5.11 Å². The summed E-state index contributed by atoms with van der Waals surface area (Å²) in [5, 5.41) is 8.50. The highest BCUT2D eigenvalue weighted by Gasteiger charge is 2.22. The molecule has 0 aromatic carbocycles. The van der Waals surface area contributed by atoms with Gasteiger partial charge in [0, 0.05) is 18.8 Å². The molecule has 1 heterocycles. The van der Waals surface area contributed by atoms with E-state index in [1.807, 2.05) is 6.92 Å². The number of carbonyl (C=O) groups is 1. The van der Waals surface area contributed by atoms with Gasteiger partial charge < -0.3 is 9.67 Å². The molecule has 0 saturated heterocycles. The van der Waals surface area contributed by atoms with Gasteiger partial charge in [0.25, 0.3) is 10.0 Å². The Morgan fingerprint density at radius 3 is 2.67 bits per heavy atom.